The van der Waals surface area contributed by atoms with Crippen molar-refractivity contribution in [3.05, 3.63) is 76.6 Å². The number of carbonyl (C=O) groups is 4. The number of primary amides is 1. The van der Waals surface area contributed by atoms with Gasteiger partial charge in [0.15, 0.2) is 17.1 Å². The van der Waals surface area contributed by atoms with Crippen molar-refractivity contribution in [2.45, 2.75) is 24.5 Å². The lowest BCUT2D eigenvalue weighted by Crippen LogP contribution is -2.65. The number of fused-ring (bicyclic) bond motifs is 4. The van der Waals surface area contributed by atoms with E-state index in [-0.39, 0.29) is 29.7 Å². The molecule has 0 bridgehead atoms. The fourth-order valence-electron chi connectivity index (χ4n) is 7.40. The van der Waals surface area contributed by atoms with E-state index in [9.17, 15) is 39.6 Å². The number of aliphatic hydroxyl groups is 3. The van der Waals surface area contributed by atoms with Crippen LogP contribution in [0.5, 0.6) is 5.75 Å². The van der Waals surface area contributed by atoms with Crippen molar-refractivity contribution in [1.29, 1.82) is 0 Å². The number of phenolic OH excluding ortho intramolecular Hbond substituents is 1. The third kappa shape index (κ3) is 4.69. The standard InChI is InChI=1S/C34H35N5O8/c1-38(2)22-14-21(37-33(46)36-20-11-7-9-15-8-5-6-10-17(15)20)27(40)24-18(22)12-16-13-19-26(39(3)4)29(42)25(32(35)45)31(44)34(19,47)30(43)23(16)28(24)41/h5-11,14,16,19,26,40-41,44,47H,12-13H2,1-4H3,(H2,35,45)(H2,36,37,46). The lowest BCUT2D eigenvalue weighted by molar-refractivity contribution is -0.153. The Balaban J connectivity index is 1.45. The highest BCUT2D eigenvalue weighted by Crippen LogP contribution is 2.54. The number of benzene rings is 3. The van der Waals surface area contributed by atoms with Crippen molar-refractivity contribution >= 4 is 57.1 Å². The predicted molar refractivity (Wildman–Crippen MR) is 175 cm³/mol. The van der Waals surface area contributed by atoms with E-state index in [2.05, 4.69) is 10.6 Å². The zero-order valence-electron chi connectivity index (χ0n) is 26.2. The van der Waals surface area contributed by atoms with Crippen molar-refractivity contribution < 1.29 is 39.6 Å². The van der Waals surface area contributed by atoms with Crippen LogP contribution < -0.4 is 21.3 Å². The Morgan fingerprint density at radius 2 is 1.62 bits per heavy atom. The Labute approximate surface area is 269 Å². The van der Waals surface area contributed by atoms with Crippen molar-refractivity contribution in [3.63, 3.8) is 0 Å². The number of carbonyl (C=O) groups excluding carboxylic acids is 4. The molecular formula is C34H35N5O8. The molecule has 47 heavy (non-hydrogen) atoms. The first kappa shape index (κ1) is 31.6. The van der Waals surface area contributed by atoms with Gasteiger partial charge in [0, 0.05) is 36.7 Å². The summed E-state index contributed by atoms with van der Waals surface area (Å²) in [6, 6.07) is 12.6. The molecule has 0 saturated heterocycles. The lowest BCUT2D eigenvalue weighted by atomic mass is 9.57. The van der Waals surface area contributed by atoms with Crippen molar-refractivity contribution in [2.24, 2.45) is 17.6 Å². The number of likely N-dealkylation sites (N-methyl/N-ethyl adjacent to an activating group) is 1. The van der Waals surface area contributed by atoms with Crippen LogP contribution in [-0.2, 0) is 20.8 Å². The third-order valence-corrected chi connectivity index (χ3v) is 9.47. The van der Waals surface area contributed by atoms with E-state index in [0.717, 1.165) is 10.8 Å². The average molecular weight is 642 g/mol. The summed E-state index contributed by atoms with van der Waals surface area (Å²) >= 11 is 0. The van der Waals surface area contributed by atoms with Gasteiger partial charge < -0.3 is 41.7 Å². The van der Waals surface area contributed by atoms with Crippen LogP contribution in [0.15, 0.2) is 65.4 Å². The maximum Gasteiger partial charge on any atom is 0.323 e. The Morgan fingerprint density at radius 3 is 2.28 bits per heavy atom. The zero-order valence-corrected chi connectivity index (χ0v) is 26.2. The number of ketones is 2. The number of urea groups is 1. The number of aliphatic hydroxyl groups excluding tert-OH is 2. The van der Waals surface area contributed by atoms with Gasteiger partial charge in [0.25, 0.3) is 5.91 Å². The molecule has 3 aliphatic carbocycles. The molecule has 3 aromatic carbocycles. The monoisotopic (exact) mass is 641 g/mol. The number of nitrogens with zero attached hydrogens (tertiary/aromatic N) is 2. The molecule has 6 rings (SSSR count). The van der Waals surface area contributed by atoms with Crippen LogP contribution in [0.25, 0.3) is 16.5 Å². The molecule has 8 N–H and O–H groups in total. The molecule has 3 aromatic rings. The SMILES string of the molecule is CN(C)c1cc(NC(=O)Nc2cccc3ccccc23)c(O)c2c1CC1CC3C(N(C)C)C(=O)C(C(N)=O)=C(O)C3(O)C(=O)C1=C2O. The van der Waals surface area contributed by atoms with Gasteiger partial charge in [-0.3, -0.25) is 19.3 Å². The van der Waals surface area contributed by atoms with Crippen LogP contribution >= 0.6 is 0 Å². The minimum absolute atomic E-state index is 0.0349. The summed E-state index contributed by atoms with van der Waals surface area (Å²) in [4.78, 5) is 56.1. The number of nitrogens with one attached hydrogen (secondary N) is 2. The molecule has 0 aliphatic heterocycles. The van der Waals surface area contributed by atoms with Gasteiger partial charge in [0.05, 0.1) is 23.0 Å². The summed E-state index contributed by atoms with van der Waals surface area (Å²) < 4.78 is 0. The number of nitrogens with two attached hydrogens (primary N) is 1. The van der Waals surface area contributed by atoms with Gasteiger partial charge in [-0.2, -0.15) is 0 Å². The van der Waals surface area contributed by atoms with E-state index in [1.807, 2.05) is 30.3 Å². The van der Waals surface area contributed by atoms with Gasteiger partial charge >= 0.3 is 6.03 Å². The highest BCUT2D eigenvalue weighted by molar-refractivity contribution is 6.24. The number of hydrogen-bond donors (Lipinski definition) is 7. The second-order valence-electron chi connectivity index (χ2n) is 12.6. The first-order valence-corrected chi connectivity index (χ1v) is 14.9. The largest absolute Gasteiger partial charge is 0.508 e. The predicted octanol–water partition coefficient (Wildman–Crippen LogP) is 2.83. The number of anilines is 3. The smallest absolute Gasteiger partial charge is 0.323 e. The number of Topliss-reactive ketones (excluding diaryl/α,β-unsaturated/α-hetero) is 2. The molecule has 1 saturated carbocycles. The van der Waals surface area contributed by atoms with Crippen LogP contribution in [0.1, 0.15) is 17.5 Å². The molecule has 4 unspecified atom stereocenters. The molecule has 13 nitrogen and oxygen atoms in total. The quantitative estimate of drug-likeness (QED) is 0.160. The molecule has 4 atom stereocenters. The molecule has 0 radical (unpaired) electrons. The molecule has 0 aromatic heterocycles. The van der Waals surface area contributed by atoms with Gasteiger partial charge in [0.2, 0.25) is 5.78 Å². The molecule has 244 valence electrons. The van der Waals surface area contributed by atoms with Crippen molar-refractivity contribution in [3.8, 4) is 5.75 Å². The molecule has 0 spiro atoms. The van der Waals surface area contributed by atoms with Crippen LogP contribution in [0.4, 0.5) is 21.9 Å². The summed E-state index contributed by atoms with van der Waals surface area (Å²) in [5, 5.41) is 53.2. The summed E-state index contributed by atoms with van der Waals surface area (Å²) in [6.45, 7) is 0. The average Bonchev–Trinajstić information content (AvgIpc) is 3.00. The topological polar surface area (TPSA) is 206 Å². The highest BCUT2D eigenvalue weighted by Gasteiger charge is 2.64. The van der Waals surface area contributed by atoms with Crippen LogP contribution in [0.3, 0.4) is 0 Å². The second-order valence-corrected chi connectivity index (χ2v) is 12.6. The molecule has 3 aliphatic rings. The number of rotatable bonds is 5. The van der Waals surface area contributed by atoms with E-state index in [0.29, 0.717) is 16.9 Å². The first-order chi connectivity index (χ1) is 22.2. The van der Waals surface area contributed by atoms with Gasteiger partial charge in [-0.25, -0.2) is 4.79 Å². The minimum Gasteiger partial charge on any atom is -0.508 e. The molecule has 0 heterocycles. The normalized spacial score (nSPS) is 23.7. The second kappa shape index (κ2) is 11.1. The molecule has 1 fully saturated rings. The first-order valence-electron chi connectivity index (χ1n) is 14.9. The van der Waals surface area contributed by atoms with Gasteiger partial charge in [-0.05, 0) is 55.9 Å². The fraction of sp³-hybridized carbons (Fsp3) is 0.294. The zero-order chi connectivity index (χ0) is 34.1. The number of amides is 3. The number of aromatic hydroxyl groups is 1. The summed E-state index contributed by atoms with van der Waals surface area (Å²) in [6.07, 6.45) is 0.0743. The molecular weight excluding hydrogens is 606 g/mol. The maximum atomic E-state index is 14.2. The summed E-state index contributed by atoms with van der Waals surface area (Å²) in [5.74, 6) is -7.49. The Hall–Kier alpha value is -5.40. The molecule has 3 amide bonds. The van der Waals surface area contributed by atoms with Gasteiger partial charge in [0.1, 0.15) is 17.1 Å². The number of phenols is 1. The van der Waals surface area contributed by atoms with Gasteiger partial charge in [-0.15, -0.1) is 0 Å². The van der Waals surface area contributed by atoms with Crippen molar-refractivity contribution in [2.75, 3.05) is 43.7 Å². The number of hydrogen-bond acceptors (Lipinski definition) is 10. The van der Waals surface area contributed by atoms with Crippen LogP contribution in [0.2, 0.25) is 0 Å². The third-order valence-electron chi connectivity index (χ3n) is 9.47. The minimum atomic E-state index is -2.75. The summed E-state index contributed by atoms with van der Waals surface area (Å²) in [5.41, 5.74) is 2.81. The Bertz CT molecular complexity index is 1960. The van der Waals surface area contributed by atoms with E-state index in [1.165, 1.54) is 4.90 Å². The van der Waals surface area contributed by atoms with E-state index in [4.69, 9.17) is 5.73 Å². The van der Waals surface area contributed by atoms with E-state index >= 15 is 0 Å². The van der Waals surface area contributed by atoms with Crippen molar-refractivity contribution in [1.82, 2.24) is 4.90 Å². The van der Waals surface area contributed by atoms with E-state index in [1.54, 1.807) is 51.3 Å². The molecule has 13 heteroatoms. The summed E-state index contributed by atoms with van der Waals surface area (Å²) in [7, 11) is 6.56. The highest BCUT2D eigenvalue weighted by atomic mass is 16.3. The van der Waals surface area contributed by atoms with Crippen LogP contribution in [-0.4, -0.2) is 88.7 Å². The lowest BCUT2D eigenvalue weighted by Gasteiger charge is -2.50. The fourth-order valence-corrected chi connectivity index (χ4v) is 7.40. The van der Waals surface area contributed by atoms with Crippen LogP contribution in [0, 0.1) is 11.8 Å². The van der Waals surface area contributed by atoms with E-state index < -0.39 is 69.8 Å². The Kier molecular flexibility index (Phi) is 7.48. The Morgan fingerprint density at radius 1 is 0.957 bits per heavy atom. The van der Waals surface area contributed by atoms with Gasteiger partial charge in [-0.1, -0.05) is 36.4 Å². The maximum absolute atomic E-state index is 14.2.